The minimum absolute atomic E-state index is 0.00925. The number of nitrogens with two attached hydrogens (primary N) is 1. The van der Waals surface area contributed by atoms with Crippen LogP contribution < -0.4 is 26.4 Å². The van der Waals surface area contributed by atoms with E-state index in [1.807, 2.05) is 12.3 Å². The van der Waals surface area contributed by atoms with Crippen LogP contribution in [-0.2, 0) is 25.6 Å². The van der Waals surface area contributed by atoms with Crippen molar-refractivity contribution in [1.82, 2.24) is 25.8 Å². The molecule has 0 aliphatic carbocycles. The van der Waals surface area contributed by atoms with Crippen LogP contribution in [0.15, 0.2) is 29.6 Å². The molecule has 2 atom stereocenters. The number of hydrogen-bond donors (Lipinski definition) is 4. The number of nitrogens with one attached hydrogen (secondary N) is 3. The van der Waals surface area contributed by atoms with Gasteiger partial charge in [0.15, 0.2) is 0 Å². The molecule has 1 aliphatic rings. The van der Waals surface area contributed by atoms with E-state index in [1.165, 1.54) is 4.90 Å². The summed E-state index contributed by atoms with van der Waals surface area (Å²) in [5, 5.41) is 11.2. The van der Waals surface area contributed by atoms with Gasteiger partial charge in [-0.2, -0.15) is 0 Å². The number of rotatable bonds is 8. The first-order valence-electron chi connectivity index (χ1n) is 13.2. The lowest BCUT2D eigenvalue weighted by atomic mass is 10.1. The Morgan fingerprint density at radius 2 is 2.00 bits per heavy atom. The number of aryl methyl sites for hydroxylation is 2. The average molecular weight is 573 g/mol. The smallest absolute Gasteiger partial charge is 0.255 e. The first kappa shape index (κ1) is 30.5. The number of benzene rings is 1. The van der Waals surface area contributed by atoms with E-state index in [0.717, 1.165) is 10.7 Å². The highest BCUT2D eigenvalue weighted by Crippen LogP contribution is 2.19. The molecule has 2 heterocycles. The molecule has 3 rings (SSSR count). The summed E-state index contributed by atoms with van der Waals surface area (Å²) in [6, 6.07) is 4.61. The number of para-hydroxylation sites is 1. The summed E-state index contributed by atoms with van der Waals surface area (Å²) in [5.41, 5.74) is 6.44. The van der Waals surface area contributed by atoms with Crippen LogP contribution in [0.3, 0.4) is 0 Å². The van der Waals surface area contributed by atoms with Crippen molar-refractivity contribution < 1.29 is 28.7 Å². The highest BCUT2D eigenvalue weighted by Gasteiger charge is 2.28. The monoisotopic (exact) mass is 572 g/mol. The van der Waals surface area contributed by atoms with Crippen LogP contribution in [0.5, 0.6) is 5.75 Å². The molecular weight excluding hydrogens is 536 g/mol. The van der Waals surface area contributed by atoms with Crippen molar-refractivity contribution in [3.63, 3.8) is 0 Å². The molecule has 40 heavy (non-hydrogen) atoms. The van der Waals surface area contributed by atoms with Crippen LogP contribution in [0, 0.1) is 6.92 Å². The van der Waals surface area contributed by atoms with Crippen molar-refractivity contribution >= 4 is 40.9 Å². The predicted molar refractivity (Wildman–Crippen MR) is 149 cm³/mol. The van der Waals surface area contributed by atoms with Gasteiger partial charge in [-0.1, -0.05) is 12.1 Å². The summed E-state index contributed by atoms with van der Waals surface area (Å²) in [6.07, 6.45) is 1.17. The molecule has 0 radical (unpaired) electrons. The van der Waals surface area contributed by atoms with E-state index in [4.69, 9.17) is 10.5 Å². The van der Waals surface area contributed by atoms with Gasteiger partial charge in [-0.15, -0.1) is 11.3 Å². The molecule has 0 saturated heterocycles. The van der Waals surface area contributed by atoms with Crippen LogP contribution in [-0.4, -0.2) is 78.2 Å². The molecular formula is C27H36N6O6S. The highest BCUT2D eigenvalue weighted by molar-refractivity contribution is 7.09. The zero-order valence-electron chi connectivity index (χ0n) is 22.7. The van der Waals surface area contributed by atoms with Gasteiger partial charge in [-0.25, -0.2) is 4.98 Å². The summed E-state index contributed by atoms with van der Waals surface area (Å²) in [5.74, 6) is -2.14. The molecule has 0 bridgehead atoms. The van der Waals surface area contributed by atoms with Crippen molar-refractivity contribution in [2.24, 2.45) is 5.73 Å². The molecule has 1 aromatic carbocycles. The van der Waals surface area contributed by atoms with E-state index in [0.29, 0.717) is 25.1 Å². The van der Waals surface area contributed by atoms with Crippen LogP contribution in [0.4, 0.5) is 0 Å². The zero-order valence-corrected chi connectivity index (χ0v) is 23.6. The summed E-state index contributed by atoms with van der Waals surface area (Å²) < 4.78 is 5.80. The minimum Gasteiger partial charge on any atom is -0.491 e. The molecule has 12 nitrogen and oxygen atoms in total. The quantitative estimate of drug-likeness (QED) is 0.337. The van der Waals surface area contributed by atoms with Gasteiger partial charge >= 0.3 is 0 Å². The lowest BCUT2D eigenvalue weighted by Gasteiger charge is -2.24. The number of nitrogens with zero attached hydrogens (tertiary/aromatic N) is 2. The molecule has 0 spiro atoms. The van der Waals surface area contributed by atoms with Crippen LogP contribution in [0.25, 0.3) is 0 Å². The second-order valence-electron chi connectivity index (χ2n) is 9.57. The second-order valence-corrected chi connectivity index (χ2v) is 10.5. The van der Waals surface area contributed by atoms with E-state index in [-0.39, 0.29) is 44.4 Å². The molecule has 216 valence electrons. The number of aromatic nitrogens is 1. The number of likely N-dealkylation sites (N-methyl/N-ethyl adjacent to an activating group) is 1. The number of hydrogen-bond acceptors (Lipinski definition) is 8. The summed E-state index contributed by atoms with van der Waals surface area (Å²) in [4.78, 5) is 69.3. The first-order chi connectivity index (χ1) is 19.1. The summed E-state index contributed by atoms with van der Waals surface area (Å²) in [6.45, 7) is 2.54. The average Bonchev–Trinajstić information content (AvgIpc) is 3.34. The number of ether oxygens (including phenoxy) is 1. The Kier molecular flexibility index (Phi) is 11.4. The molecule has 1 aliphatic heterocycles. The number of carbonyl (C=O) groups excluding carboxylic acids is 5. The fraction of sp³-hybridized carbons (Fsp3) is 0.481. The van der Waals surface area contributed by atoms with E-state index >= 15 is 0 Å². The summed E-state index contributed by atoms with van der Waals surface area (Å²) in [7, 11) is 1.56. The third-order valence-electron chi connectivity index (χ3n) is 6.32. The molecule has 0 fully saturated rings. The molecule has 1 aromatic heterocycles. The maximum absolute atomic E-state index is 13.2. The Morgan fingerprint density at radius 3 is 2.73 bits per heavy atom. The molecule has 0 saturated carbocycles. The predicted octanol–water partition coefficient (Wildman–Crippen LogP) is 0.680. The first-order valence-corrected chi connectivity index (χ1v) is 14.1. The minimum atomic E-state index is -1.01. The van der Waals surface area contributed by atoms with Gasteiger partial charge in [0.25, 0.3) is 5.91 Å². The molecule has 5 amide bonds. The lowest BCUT2D eigenvalue weighted by molar-refractivity contribution is -0.136. The van der Waals surface area contributed by atoms with Gasteiger partial charge in [0.05, 0.1) is 17.1 Å². The van der Waals surface area contributed by atoms with Gasteiger partial charge in [0.1, 0.15) is 24.4 Å². The zero-order chi connectivity index (χ0) is 29.1. The third kappa shape index (κ3) is 9.33. The third-order valence-corrected chi connectivity index (χ3v) is 7.35. The molecule has 5 N–H and O–H groups in total. The van der Waals surface area contributed by atoms with Gasteiger partial charge in [-0.05, 0) is 38.3 Å². The Bertz CT molecular complexity index is 1220. The number of carbonyl (C=O) groups is 5. The standard InChI is InChI=1S/C27H36N6O6S/c1-17-16-40-24(30-17)8-5-13-29-26(37)19-10-12-23(35)31-20(9-11-22(28)34)27(38)33(2)14-15-39-21-7-4-3-6-18(21)25(36)32-19/h3-4,6-7,16,19-20H,5,8-15H2,1-2H3,(H2,28,34)(H,29,37)(H,31,35)(H,32,36)/t19-,20-/m0/s1. The highest BCUT2D eigenvalue weighted by atomic mass is 32.1. The Balaban J connectivity index is 1.75. The Hall–Kier alpha value is -4.00. The van der Waals surface area contributed by atoms with Crippen LogP contribution in [0.1, 0.15) is 53.2 Å². The number of primary amides is 1. The van der Waals surface area contributed by atoms with E-state index < -0.39 is 41.6 Å². The van der Waals surface area contributed by atoms with E-state index in [2.05, 4.69) is 20.9 Å². The van der Waals surface area contributed by atoms with Gasteiger partial charge in [-0.3, -0.25) is 24.0 Å². The van der Waals surface area contributed by atoms with Crippen LogP contribution in [0.2, 0.25) is 0 Å². The van der Waals surface area contributed by atoms with Crippen molar-refractivity contribution in [3.05, 3.63) is 45.9 Å². The van der Waals surface area contributed by atoms with Gasteiger partial charge in [0.2, 0.25) is 23.6 Å². The number of thiazole rings is 1. The molecule has 0 unspecified atom stereocenters. The fourth-order valence-electron chi connectivity index (χ4n) is 4.13. The Labute approximate surface area is 237 Å². The number of fused-ring (bicyclic) bond motifs is 1. The van der Waals surface area contributed by atoms with Gasteiger partial charge in [0, 0.05) is 43.9 Å². The number of amides is 5. The van der Waals surface area contributed by atoms with Crippen molar-refractivity contribution in [2.45, 2.75) is 57.5 Å². The van der Waals surface area contributed by atoms with Crippen molar-refractivity contribution in [1.29, 1.82) is 0 Å². The second kappa shape index (κ2) is 15.0. The SMILES string of the molecule is Cc1csc(CCCNC(=O)[C@@H]2CCC(=O)N[C@@H](CCC(N)=O)C(=O)N(C)CCOc3ccccc3C(=O)N2)n1. The maximum atomic E-state index is 13.2. The van der Waals surface area contributed by atoms with Gasteiger partial charge < -0.3 is 31.3 Å². The summed E-state index contributed by atoms with van der Waals surface area (Å²) >= 11 is 1.56. The van der Waals surface area contributed by atoms with Crippen molar-refractivity contribution in [3.8, 4) is 5.75 Å². The van der Waals surface area contributed by atoms with Crippen LogP contribution >= 0.6 is 11.3 Å². The Morgan fingerprint density at radius 1 is 1.23 bits per heavy atom. The van der Waals surface area contributed by atoms with Crippen molar-refractivity contribution in [2.75, 3.05) is 26.7 Å². The molecule has 2 aromatic rings. The van der Waals surface area contributed by atoms with E-state index in [9.17, 15) is 24.0 Å². The largest absolute Gasteiger partial charge is 0.491 e. The topological polar surface area (TPSA) is 173 Å². The maximum Gasteiger partial charge on any atom is 0.255 e. The fourth-order valence-corrected chi connectivity index (χ4v) is 4.95. The lowest BCUT2D eigenvalue weighted by Crippen LogP contribution is -2.49. The van der Waals surface area contributed by atoms with E-state index in [1.54, 1.807) is 42.6 Å². The normalized spacial score (nSPS) is 18.9. The molecule has 13 heteroatoms.